The summed E-state index contributed by atoms with van der Waals surface area (Å²) >= 11 is 0. The summed E-state index contributed by atoms with van der Waals surface area (Å²) < 4.78 is 89.1. The Kier molecular flexibility index (Phi) is 30.3. The fourth-order valence-corrected chi connectivity index (χ4v) is 13.6. The summed E-state index contributed by atoms with van der Waals surface area (Å²) in [6, 6.07) is -7.41. The molecule has 26 N–H and O–H groups in total. The van der Waals surface area contributed by atoms with Crippen molar-refractivity contribution >= 4 is 29.6 Å². The molecular weight excluding hydrogens is 1440 g/mol. The van der Waals surface area contributed by atoms with Gasteiger partial charge in [0, 0.05) is 34.1 Å². The van der Waals surface area contributed by atoms with Crippen LogP contribution < -0.4 is 21.3 Å². The van der Waals surface area contributed by atoms with E-state index < -0.39 is 327 Å². The van der Waals surface area contributed by atoms with Crippen LogP contribution in [0.5, 0.6) is 0 Å². The summed E-state index contributed by atoms with van der Waals surface area (Å²) in [7, 11) is 0. The first-order valence-corrected chi connectivity index (χ1v) is 33.5. The number of aliphatic hydroxyl groups is 21. The van der Waals surface area contributed by atoms with Crippen LogP contribution in [-0.4, -0.2) is 433 Å². The maximum Gasteiger partial charge on any atom is 0.364 e. The predicted molar refractivity (Wildman–Crippen MR) is 325 cm³/mol. The van der Waals surface area contributed by atoms with E-state index >= 15 is 0 Å². The van der Waals surface area contributed by atoms with Gasteiger partial charge in [-0.2, -0.15) is 0 Å². The highest BCUT2D eigenvalue weighted by atomic mass is 16.8. The van der Waals surface area contributed by atoms with Gasteiger partial charge >= 0.3 is 5.97 Å². The number of ether oxygens (including phenoxy) is 15. The minimum absolute atomic E-state index is 0.847. The number of aliphatic hydroxyl groups excluding tert-OH is 21. The summed E-state index contributed by atoms with van der Waals surface area (Å²) in [6.45, 7) is -0.350. The largest absolute Gasteiger partial charge is 0.477 e. The first-order valence-electron chi connectivity index (χ1n) is 33.5. The molecule has 8 aliphatic heterocycles. The van der Waals surface area contributed by atoms with Crippen molar-refractivity contribution in [1.82, 2.24) is 21.3 Å². The lowest BCUT2D eigenvalue weighted by Crippen LogP contribution is -2.72. The zero-order valence-electron chi connectivity index (χ0n) is 57.0. The molecule has 0 aliphatic carbocycles. The second-order valence-corrected chi connectivity index (χ2v) is 26.8. The third-order valence-electron chi connectivity index (χ3n) is 19.1. The van der Waals surface area contributed by atoms with Gasteiger partial charge in [-0.3, -0.25) is 19.2 Å². The molecule has 0 aromatic rings. The molecule has 0 aromatic carbocycles. The molecule has 0 spiro atoms. The molecule has 0 aromatic heterocycles. The van der Waals surface area contributed by atoms with Crippen molar-refractivity contribution in [3.63, 3.8) is 0 Å². The number of carboxylic acids is 1. The fourth-order valence-electron chi connectivity index (χ4n) is 13.6. The highest BCUT2D eigenvalue weighted by molar-refractivity contribution is 5.77. The molecular formula is C59H98N4O42. The maximum atomic E-state index is 13.4. The van der Waals surface area contributed by atoms with Gasteiger partial charge in [0.15, 0.2) is 44.0 Å². The topological polar surface area (TPSA) is 717 Å². The van der Waals surface area contributed by atoms with Gasteiger partial charge in [-0.05, 0) is 13.8 Å². The monoisotopic (exact) mass is 1530 g/mol. The second kappa shape index (κ2) is 36.8. The lowest BCUT2D eigenvalue weighted by Gasteiger charge is -2.52. The molecule has 606 valence electrons. The average molecular weight is 1540 g/mol. The van der Waals surface area contributed by atoms with E-state index in [9.17, 15) is 136 Å². The van der Waals surface area contributed by atoms with Crippen LogP contribution in [0.25, 0.3) is 0 Å². The maximum absolute atomic E-state index is 13.4. The van der Waals surface area contributed by atoms with Gasteiger partial charge < -0.3 is 205 Å². The average Bonchev–Trinajstić information content (AvgIpc) is 0.759. The Morgan fingerprint density at radius 2 is 0.848 bits per heavy atom. The van der Waals surface area contributed by atoms with Crippen LogP contribution in [0.15, 0.2) is 0 Å². The molecule has 4 amide bonds. The molecule has 8 heterocycles. The Labute approximate surface area is 595 Å². The van der Waals surface area contributed by atoms with Crippen LogP contribution in [0.3, 0.4) is 0 Å². The Bertz CT molecular complexity index is 2840. The number of amides is 4. The SMILES string of the molecule is CC(=O)N[C@@H]1[C@@H](O[C@@H]2O[C@H](CO)[C@@H](O[C@@H]3O[C@H](CO)[C@H](O)[C@H](O)[C@H]3O[C@@H]3O[C@@H](C)[C@@H](O)[C@@H](O)[C@@H]3O)[C@H](O[C@@H]3O[C@@H](C)[C@@H](O)[C@@H](O)[C@@H]3O)[C@H]2NC(C)=O)[C@@H](O)[C@@H](CO[C@@H]2O[C@H](CO)[C@@H](O[C@@H]3O[C@H](CO)[C@H](O)[C@H](O[C@]4(C(=O)O)C[C@H](O)[C@@H](NC(C)=O)[C@H]([C@H](O)[C@H](O)CO)O4)[C@H]3O)[C@H](O)[C@H]2NC(C)=O)O[C@@H]1O. The van der Waals surface area contributed by atoms with E-state index in [1.54, 1.807) is 0 Å². The van der Waals surface area contributed by atoms with E-state index in [0.717, 1.165) is 27.7 Å². The van der Waals surface area contributed by atoms with E-state index in [4.69, 9.17) is 71.1 Å². The lowest BCUT2D eigenvalue weighted by atomic mass is 9.88. The normalized spacial score (nSPS) is 47.5. The third kappa shape index (κ3) is 19.1. The van der Waals surface area contributed by atoms with Gasteiger partial charge in [0.05, 0.1) is 64.0 Å². The van der Waals surface area contributed by atoms with Crippen LogP contribution in [0.4, 0.5) is 0 Å². The van der Waals surface area contributed by atoms with Crippen LogP contribution in [0, 0.1) is 0 Å². The van der Waals surface area contributed by atoms with Crippen LogP contribution in [0.1, 0.15) is 48.0 Å². The number of hydrogen-bond acceptors (Lipinski definition) is 41. The highest BCUT2D eigenvalue weighted by Crippen LogP contribution is 2.41. The van der Waals surface area contributed by atoms with Crippen LogP contribution in [0.2, 0.25) is 0 Å². The lowest BCUT2D eigenvalue weighted by molar-refractivity contribution is -0.396. The number of aliphatic carboxylic acids is 1. The van der Waals surface area contributed by atoms with E-state index in [-0.39, 0.29) is 0 Å². The number of nitrogens with one attached hydrogen (secondary N) is 4. The molecule has 0 bridgehead atoms. The molecule has 41 atom stereocenters. The van der Waals surface area contributed by atoms with Gasteiger partial charge in [-0.15, -0.1) is 0 Å². The molecule has 105 heavy (non-hydrogen) atoms. The van der Waals surface area contributed by atoms with Crippen molar-refractivity contribution in [3.8, 4) is 0 Å². The third-order valence-corrected chi connectivity index (χ3v) is 19.1. The molecule has 0 saturated carbocycles. The van der Waals surface area contributed by atoms with Gasteiger partial charge in [-0.1, -0.05) is 0 Å². The molecule has 8 rings (SSSR count). The van der Waals surface area contributed by atoms with Gasteiger partial charge in [0.25, 0.3) is 5.79 Å². The van der Waals surface area contributed by atoms with E-state index in [1.165, 1.54) is 13.8 Å². The van der Waals surface area contributed by atoms with Crippen LogP contribution in [-0.2, 0) is 95.0 Å². The molecule has 8 aliphatic rings. The van der Waals surface area contributed by atoms with E-state index in [1.807, 2.05) is 0 Å². The van der Waals surface area contributed by atoms with Crippen molar-refractivity contribution < 1.29 is 207 Å². The number of carbonyl (C=O) groups is 5. The summed E-state index contributed by atoms with van der Waals surface area (Å²) in [4.78, 5) is 64.6. The van der Waals surface area contributed by atoms with E-state index in [0.29, 0.717) is 0 Å². The Balaban J connectivity index is 1.07. The summed E-state index contributed by atoms with van der Waals surface area (Å²) in [5.41, 5.74) is 0. The Morgan fingerprint density at radius 3 is 1.38 bits per heavy atom. The minimum Gasteiger partial charge on any atom is -0.477 e. The van der Waals surface area contributed by atoms with Gasteiger partial charge in [0.1, 0.15) is 177 Å². The number of carbonyl (C=O) groups excluding carboxylic acids is 4. The second-order valence-electron chi connectivity index (χ2n) is 26.8. The first-order chi connectivity index (χ1) is 49.4. The minimum atomic E-state index is -3.24. The van der Waals surface area contributed by atoms with Crippen molar-refractivity contribution in [2.75, 3.05) is 39.6 Å². The fraction of sp³-hybridized carbons (Fsp3) is 0.915. The smallest absolute Gasteiger partial charge is 0.364 e. The number of rotatable bonds is 27. The molecule has 0 radical (unpaired) electrons. The van der Waals surface area contributed by atoms with Crippen molar-refractivity contribution in [2.24, 2.45) is 0 Å². The summed E-state index contributed by atoms with van der Waals surface area (Å²) in [5.74, 6) is -9.00. The molecule has 46 heteroatoms. The zero-order chi connectivity index (χ0) is 77.9. The van der Waals surface area contributed by atoms with Crippen LogP contribution >= 0.6 is 0 Å². The predicted octanol–water partition coefficient (Wildman–Crippen LogP) is -16.6. The Morgan fingerprint density at radius 1 is 0.410 bits per heavy atom. The standard InChI is InChI=1S/C59H98N4O42/c1-14-31(75)38(82)41(85)54(92-14)102-48-30(63-19(6)72)53(98-25(12-68)45(48)100-57-50(40(84)34(78)22(9-65)96-57)103-55-42(86)39(83)32(76)15(2)93-55)101-46-29(62-18(5)71)51(88)94-26(36(46)80)13-91-52-28(61-17(4)70)37(81)44(24(11-67)97-52)99-56-43(87)49(35(79)23(10-66)95-56)105-59(58(89)90)7-20(73)27(60-16(3)69)47(104-59)33(77)21(74)8-64/h14-15,20-57,64-68,73-88H,7-13H2,1-6H3,(H,60,69)(H,61,70)(H,62,71)(H,63,72)(H,89,90)/t14-,15-,20-,21+,22+,23+,24+,25+,26+,27+,28+,29+,30+,31+,32+,33+,34-,35-,36-,37+,38+,39+,40-,41-,42-,43+,44+,45+,46+,47+,48+,49-,50+,51-,52+,53-,54-,55-,56-,57-,59-/m0/s1. The molecule has 8 saturated heterocycles. The van der Waals surface area contributed by atoms with Gasteiger partial charge in [-0.25, -0.2) is 4.79 Å². The van der Waals surface area contributed by atoms with Crippen molar-refractivity contribution in [2.45, 2.75) is 299 Å². The number of hydrogen-bond donors (Lipinski definition) is 26. The molecule has 0 unspecified atom stereocenters. The van der Waals surface area contributed by atoms with Gasteiger partial charge in [0.2, 0.25) is 23.6 Å². The Hall–Kier alpha value is -4.09. The quantitative estimate of drug-likeness (QED) is 0.0363. The van der Waals surface area contributed by atoms with Crippen molar-refractivity contribution in [3.05, 3.63) is 0 Å². The summed E-state index contributed by atoms with van der Waals surface area (Å²) in [6.07, 6.45) is -73.9. The number of carboxylic acid groups (broad SMARTS) is 1. The highest BCUT2D eigenvalue weighted by Gasteiger charge is 2.63. The van der Waals surface area contributed by atoms with E-state index in [2.05, 4.69) is 21.3 Å². The summed E-state index contributed by atoms with van der Waals surface area (Å²) in [5, 5.41) is 252. The van der Waals surface area contributed by atoms with Crippen molar-refractivity contribution in [1.29, 1.82) is 0 Å². The first kappa shape index (κ1) is 86.5. The molecule has 46 nitrogen and oxygen atoms in total. The molecule has 8 fully saturated rings. The zero-order valence-corrected chi connectivity index (χ0v) is 57.0.